The van der Waals surface area contributed by atoms with Gasteiger partial charge in [0.05, 0.1) is 32.3 Å². The molecule has 3 heterocycles. The largest absolute Gasteiger partial charge is 0.501 e. The van der Waals surface area contributed by atoms with Crippen molar-refractivity contribution in [2.45, 2.75) is 32.9 Å². The van der Waals surface area contributed by atoms with Gasteiger partial charge in [-0.1, -0.05) is 19.9 Å². The first kappa shape index (κ1) is 27.8. The summed E-state index contributed by atoms with van der Waals surface area (Å²) in [5.41, 5.74) is -10.9. The number of hydrogen-bond donors (Lipinski definition) is 1. The Balaban J connectivity index is 2.44. The number of aromatic hydroxyl groups is 1. The molecule has 1 N–H and O–H groups in total. The number of pyridine rings is 2. The van der Waals surface area contributed by atoms with Gasteiger partial charge >= 0.3 is 17.4 Å². The monoisotopic (exact) mass is 564 g/mol. The Hall–Kier alpha value is -5.22. The zero-order valence-electron chi connectivity index (χ0n) is 20.4. The molecule has 0 saturated heterocycles. The van der Waals surface area contributed by atoms with Crippen molar-refractivity contribution in [2.24, 2.45) is 0 Å². The molecule has 3 aromatic heterocycles. The number of aromatic nitrogens is 4. The molecule has 0 bridgehead atoms. The summed E-state index contributed by atoms with van der Waals surface area (Å²) in [6.07, 6.45) is -4.29. The number of hydrogen-bond acceptors (Lipinski definition) is 9. The van der Waals surface area contributed by atoms with Gasteiger partial charge in [-0.15, -0.1) is 0 Å². The second kappa shape index (κ2) is 9.83. The Morgan fingerprint density at radius 1 is 0.950 bits per heavy atom. The number of nitro groups is 2. The highest BCUT2D eigenvalue weighted by atomic mass is 19.4. The van der Waals surface area contributed by atoms with Gasteiger partial charge < -0.3 is 5.11 Å². The van der Waals surface area contributed by atoms with Gasteiger partial charge in [0, 0.05) is 6.07 Å². The van der Waals surface area contributed by atoms with E-state index < -0.39 is 72.4 Å². The van der Waals surface area contributed by atoms with Crippen molar-refractivity contribution in [3.63, 3.8) is 0 Å². The van der Waals surface area contributed by atoms with E-state index in [2.05, 4.69) is 9.97 Å². The molecule has 0 aliphatic rings. The van der Waals surface area contributed by atoms with Crippen LogP contribution in [0.2, 0.25) is 0 Å². The van der Waals surface area contributed by atoms with Crippen LogP contribution in [0.5, 0.6) is 5.75 Å². The lowest BCUT2D eigenvalue weighted by atomic mass is 10.1. The fraction of sp³-hybridized carbons (Fsp3) is 0.217. The minimum Gasteiger partial charge on any atom is -0.501 e. The van der Waals surface area contributed by atoms with E-state index in [1.165, 1.54) is 0 Å². The van der Waals surface area contributed by atoms with E-state index >= 15 is 0 Å². The molecule has 0 radical (unpaired) electrons. The molecule has 40 heavy (non-hydrogen) atoms. The number of para-hydroxylation sites is 1. The third kappa shape index (κ3) is 4.20. The smallest absolute Gasteiger partial charge is 0.431 e. The number of nitro benzene ring substituents is 1. The number of nitrogens with zero attached hydrogens (tertiary/aromatic N) is 6. The van der Waals surface area contributed by atoms with Crippen molar-refractivity contribution in [3.05, 3.63) is 94.4 Å². The van der Waals surface area contributed by atoms with Crippen molar-refractivity contribution in [2.75, 3.05) is 0 Å². The molecule has 0 fully saturated rings. The lowest BCUT2D eigenvalue weighted by Gasteiger charge is -2.20. The normalized spacial score (nSPS) is 11.7. The van der Waals surface area contributed by atoms with Crippen LogP contribution in [-0.4, -0.2) is 34.1 Å². The van der Waals surface area contributed by atoms with Gasteiger partial charge in [-0.25, -0.2) is 14.4 Å². The number of rotatable bonds is 6. The average Bonchev–Trinajstić information content (AvgIpc) is 2.88. The summed E-state index contributed by atoms with van der Waals surface area (Å²) in [4.78, 5) is 56.2. The van der Waals surface area contributed by atoms with Crippen molar-refractivity contribution in [1.29, 1.82) is 0 Å². The number of benzene rings is 1. The van der Waals surface area contributed by atoms with Gasteiger partial charge in [0.15, 0.2) is 11.5 Å². The summed E-state index contributed by atoms with van der Waals surface area (Å²) in [5, 5.41) is 32.9. The molecular weight excluding hydrogens is 548 g/mol. The highest BCUT2D eigenvalue weighted by molar-refractivity contribution is 5.90. The van der Waals surface area contributed by atoms with Crippen molar-refractivity contribution < 1.29 is 32.5 Å². The Morgan fingerprint density at radius 2 is 1.55 bits per heavy atom. The second-order valence-corrected chi connectivity index (χ2v) is 8.21. The van der Waals surface area contributed by atoms with Crippen molar-refractivity contribution in [1.82, 2.24) is 19.1 Å². The van der Waals surface area contributed by atoms with Gasteiger partial charge in [-0.3, -0.25) is 39.0 Å². The minimum atomic E-state index is -5.51. The van der Waals surface area contributed by atoms with E-state index in [0.717, 1.165) is 12.4 Å². The molecule has 13 nitrogen and oxygen atoms in total. The molecule has 0 saturated carbocycles. The van der Waals surface area contributed by atoms with Crippen LogP contribution < -0.4 is 11.1 Å². The Bertz CT molecular complexity index is 1830. The van der Waals surface area contributed by atoms with E-state index in [4.69, 9.17) is 0 Å². The zero-order valence-corrected chi connectivity index (χ0v) is 20.4. The van der Waals surface area contributed by atoms with E-state index in [9.17, 15) is 52.5 Å². The van der Waals surface area contributed by atoms with Gasteiger partial charge in [-0.2, -0.15) is 13.2 Å². The third-order valence-corrected chi connectivity index (χ3v) is 6.02. The molecule has 4 rings (SSSR count). The first-order chi connectivity index (χ1) is 18.8. The Labute approximate surface area is 218 Å². The molecule has 208 valence electrons. The summed E-state index contributed by atoms with van der Waals surface area (Å²) < 4.78 is 57.9. The zero-order chi connectivity index (χ0) is 29.7. The SMILES string of the molecule is CCc1ncnc(CC)c1-n1c(=O)c([N+](=O)[O-])c(O)c2cc(C(F)(F)F)n(-c3c(F)cccc3[N+](=O)[O-])c(=O)c21. The van der Waals surface area contributed by atoms with Crippen molar-refractivity contribution >= 4 is 22.3 Å². The summed E-state index contributed by atoms with van der Waals surface area (Å²) in [6.45, 7) is 3.13. The molecule has 0 amide bonds. The van der Waals surface area contributed by atoms with Crippen LogP contribution in [0.4, 0.5) is 28.9 Å². The minimum absolute atomic E-state index is 0.0537. The van der Waals surface area contributed by atoms with Crippen LogP contribution >= 0.6 is 0 Å². The topological polar surface area (TPSA) is 176 Å². The highest BCUT2D eigenvalue weighted by Gasteiger charge is 2.40. The lowest BCUT2D eigenvalue weighted by Crippen LogP contribution is -2.34. The van der Waals surface area contributed by atoms with Crippen LogP contribution in [-0.2, 0) is 19.0 Å². The maximum Gasteiger partial charge on any atom is 0.431 e. The first-order valence-electron chi connectivity index (χ1n) is 11.3. The number of alkyl halides is 3. The molecular formula is C23H16F4N6O7. The summed E-state index contributed by atoms with van der Waals surface area (Å²) in [7, 11) is 0. The van der Waals surface area contributed by atoms with Gasteiger partial charge in [0.25, 0.3) is 11.2 Å². The Morgan fingerprint density at radius 3 is 2.05 bits per heavy atom. The summed E-state index contributed by atoms with van der Waals surface area (Å²) in [5.74, 6) is -3.15. The first-order valence-corrected chi connectivity index (χ1v) is 11.3. The molecule has 1 aromatic carbocycles. The maximum atomic E-state index is 15.0. The molecule has 0 atom stereocenters. The Kier molecular flexibility index (Phi) is 6.83. The molecule has 0 aliphatic heterocycles. The fourth-order valence-corrected chi connectivity index (χ4v) is 4.35. The fourth-order valence-electron chi connectivity index (χ4n) is 4.35. The standard InChI is InChI=1S/C23H16F4N6O7/c1-3-12-18(13(4-2)29-9-28-12)31-16-10(20(34)19(22(31)36)33(39)40)8-15(23(25,26)27)30(21(16)35)17-11(24)6-5-7-14(17)32(37)38/h5-9,34H,3-4H2,1-2H3. The van der Waals surface area contributed by atoms with E-state index in [0.29, 0.717) is 16.7 Å². The highest BCUT2D eigenvalue weighted by Crippen LogP contribution is 2.39. The van der Waals surface area contributed by atoms with Crippen molar-refractivity contribution in [3.8, 4) is 17.1 Å². The van der Waals surface area contributed by atoms with Crippen LogP contribution in [0.15, 0.2) is 40.2 Å². The van der Waals surface area contributed by atoms with Crippen LogP contribution in [0.3, 0.4) is 0 Å². The number of fused-ring (bicyclic) bond motifs is 1. The molecule has 0 unspecified atom stereocenters. The predicted molar refractivity (Wildman–Crippen MR) is 129 cm³/mol. The predicted octanol–water partition coefficient (Wildman–Crippen LogP) is 3.74. The molecule has 4 aromatic rings. The van der Waals surface area contributed by atoms with E-state index in [1.54, 1.807) is 13.8 Å². The van der Waals surface area contributed by atoms with Gasteiger partial charge in [0.2, 0.25) is 5.75 Å². The van der Waals surface area contributed by atoms with Gasteiger partial charge in [-0.05, 0) is 25.0 Å². The van der Waals surface area contributed by atoms with Crippen LogP contribution in [0.1, 0.15) is 30.9 Å². The van der Waals surface area contributed by atoms with Crippen LogP contribution in [0.25, 0.3) is 22.3 Å². The van der Waals surface area contributed by atoms with Crippen LogP contribution in [0, 0.1) is 26.0 Å². The second-order valence-electron chi connectivity index (χ2n) is 8.21. The van der Waals surface area contributed by atoms with E-state index in [-0.39, 0.29) is 40.6 Å². The molecule has 0 aliphatic carbocycles. The van der Waals surface area contributed by atoms with E-state index in [1.807, 2.05) is 0 Å². The number of aryl methyl sites for hydroxylation is 2. The summed E-state index contributed by atoms with van der Waals surface area (Å²) in [6, 6.07) is 2.15. The number of halogens is 4. The third-order valence-electron chi connectivity index (χ3n) is 6.02. The quantitative estimate of drug-likeness (QED) is 0.208. The maximum absolute atomic E-state index is 15.0. The van der Waals surface area contributed by atoms with Gasteiger partial charge in [0.1, 0.15) is 17.5 Å². The summed E-state index contributed by atoms with van der Waals surface area (Å²) >= 11 is 0. The lowest BCUT2D eigenvalue weighted by molar-refractivity contribution is -0.387. The molecule has 17 heteroatoms. The molecule has 0 spiro atoms. The average molecular weight is 564 g/mol.